The van der Waals surface area contributed by atoms with E-state index in [9.17, 15) is 13.2 Å². The first kappa shape index (κ1) is 20.4. The third kappa shape index (κ3) is 3.64. The average molecular weight is 403 g/mol. The molecule has 1 atom stereocenters. The van der Waals surface area contributed by atoms with Crippen LogP contribution in [0.5, 0.6) is 5.75 Å². The first-order valence-electron chi connectivity index (χ1n) is 9.34. The number of hydrogen-bond donors (Lipinski definition) is 0. The summed E-state index contributed by atoms with van der Waals surface area (Å²) in [7, 11) is -2.24. The molecule has 1 aliphatic rings. The number of benzene rings is 2. The number of carbonyl (C=O) groups excluding carboxylic acids is 1. The lowest BCUT2D eigenvalue weighted by atomic mass is 10.1. The standard InChI is InChI=1S/C21H26N2O4S/c1-5-22(28(25,26)18-10-11-20(27-4)15(2)12-18)14-21(24)23-16(3)13-17-8-6-7-9-19(17)23/h6-12,16H,5,13-14H2,1-4H3. The van der Waals surface area contributed by atoms with E-state index in [4.69, 9.17) is 4.74 Å². The van der Waals surface area contributed by atoms with Crippen LogP contribution >= 0.6 is 0 Å². The van der Waals surface area contributed by atoms with Crippen molar-refractivity contribution in [3.8, 4) is 5.75 Å². The minimum absolute atomic E-state index is 0.00883. The fourth-order valence-corrected chi connectivity index (χ4v) is 5.18. The van der Waals surface area contributed by atoms with Gasteiger partial charge in [-0.2, -0.15) is 4.31 Å². The van der Waals surface area contributed by atoms with Crippen LogP contribution in [-0.2, 0) is 21.2 Å². The van der Waals surface area contributed by atoms with Crippen molar-refractivity contribution in [2.75, 3.05) is 25.1 Å². The van der Waals surface area contributed by atoms with Crippen LogP contribution in [0.3, 0.4) is 0 Å². The number of rotatable bonds is 6. The molecule has 0 fully saturated rings. The van der Waals surface area contributed by atoms with Gasteiger partial charge in [0.25, 0.3) is 0 Å². The first-order chi connectivity index (χ1) is 13.3. The van der Waals surface area contributed by atoms with Crippen LogP contribution in [0.1, 0.15) is 25.0 Å². The highest BCUT2D eigenvalue weighted by molar-refractivity contribution is 7.89. The predicted octanol–water partition coefficient (Wildman–Crippen LogP) is 2.99. The third-order valence-electron chi connectivity index (χ3n) is 5.14. The summed E-state index contributed by atoms with van der Waals surface area (Å²) in [5, 5.41) is 0. The smallest absolute Gasteiger partial charge is 0.243 e. The Labute approximate surface area is 166 Å². The quantitative estimate of drug-likeness (QED) is 0.745. The number of para-hydroxylation sites is 1. The van der Waals surface area contributed by atoms with E-state index >= 15 is 0 Å². The largest absolute Gasteiger partial charge is 0.496 e. The summed E-state index contributed by atoms with van der Waals surface area (Å²) in [6.07, 6.45) is 0.776. The van der Waals surface area contributed by atoms with Crippen LogP contribution in [0.4, 0.5) is 5.69 Å². The highest BCUT2D eigenvalue weighted by Crippen LogP contribution is 2.32. The Morgan fingerprint density at radius 1 is 1.25 bits per heavy atom. The Kier molecular flexibility index (Phi) is 5.76. The number of methoxy groups -OCH3 is 1. The Morgan fingerprint density at radius 3 is 2.61 bits per heavy atom. The Morgan fingerprint density at radius 2 is 1.96 bits per heavy atom. The molecule has 1 aliphatic heterocycles. The second kappa shape index (κ2) is 7.93. The van der Waals surface area contributed by atoms with Crippen LogP contribution in [0.25, 0.3) is 0 Å². The second-order valence-electron chi connectivity index (χ2n) is 7.01. The van der Waals surface area contributed by atoms with E-state index in [0.717, 1.165) is 23.2 Å². The predicted molar refractivity (Wildman–Crippen MR) is 109 cm³/mol. The molecule has 150 valence electrons. The Balaban J connectivity index is 1.86. The molecule has 1 amide bonds. The molecule has 0 saturated heterocycles. The van der Waals surface area contributed by atoms with Crippen molar-refractivity contribution in [1.29, 1.82) is 0 Å². The fourth-order valence-electron chi connectivity index (χ4n) is 3.70. The molecule has 6 nitrogen and oxygen atoms in total. The molecule has 2 aromatic carbocycles. The van der Waals surface area contributed by atoms with Gasteiger partial charge in [0.15, 0.2) is 0 Å². The van der Waals surface area contributed by atoms with Gasteiger partial charge in [0.05, 0.1) is 18.6 Å². The van der Waals surface area contributed by atoms with Gasteiger partial charge in [-0.25, -0.2) is 8.42 Å². The molecule has 0 N–H and O–H groups in total. The molecule has 1 heterocycles. The second-order valence-corrected chi connectivity index (χ2v) is 8.95. The van der Waals surface area contributed by atoms with Crippen molar-refractivity contribution >= 4 is 21.6 Å². The van der Waals surface area contributed by atoms with Gasteiger partial charge in [0, 0.05) is 18.3 Å². The summed E-state index contributed by atoms with van der Waals surface area (Å²) in [5.41, 5.74) is 2.71. The van der Waals surface area contributed by atoms with Crippen LogP contribution in [0.15, 0.2) is 47.4 Å². The van der Waals surface area contributed by atoms with Crippen molar-refractivity contribution in [1.82, 2.24) is 4.31 Å². The molecule has 0 saturated carbocycles. The number of anilines is 1. The number of nitrogens with zero attached hydrogens (tertiary/aromatic N) is 2. The van der Waals surface area contributed by atoms with Crippen molar-refractivity contribution in [3.05, 3.63) is 53.6 Å². The number of ether oxygens (including phenoxy) is 1. The molecule has 3 rings (SSSR count). The van der Waals surface area contributed by atoms with Gasteiger partial charge in [-0.3, -0.25) is 4.79 Å². The number of likely N-dealkylation sites (N-methyl/N-ethyl adjacent to an activating group) is 1. The summed E-state index contributed by atoms with van der Waals surface area (Å²) in [6, 6.07) is 12.5. The number of fused-ring (bicyclic) bond motifs is 1. The molecular formula is C21H26N2O4S. The fraction of sp³-hybridized carbons (Fsp3) is 0.381. The molecular weight excluding hydrogens is 376 g/mol. The van der Waals surface area contributed by atoms with Gasteiger partial charge in [0.1, 0.15) is 5.75 Å². The van der Waals surface area contributed by atoms with E-state index in [1.807, 2.05) is 31.2 Å². The number of hydrogen-bond acceptors (Lipinski definition) is 4. The number of aryl methyl sites for hydroxylation is 1. The summed E-state index contributed by atoms with van der Waals surface area (Å²) in [6.45, 7) is 5.53. The topological polar surface area (TPSA) is 66.9 Å². The zero-order chi connectivity index (χ0) is 20.5. The minimum Gasteiger partial charge on any atom is -0.496 e. The SMILES string of the molecule is CCN(CC(=O)N1c2ccccc2CC1C)S(=O)(=O)c1ccc(OC)c(C)c1. The Hall–Kier alpha value is -2.38. The van der Waals surface area contributed by atoms with Crippen LogP contribution in [-0.4, -0.2) is 44.9 Å². The highest BCUT2D eigenvalue weighted by Gasteiger charge is 2.34. The molecule has 0 aromatic heterocycles. The van der Waals surface area contributed by atoms with Gasteiger partial charge in [-0.1, -0.05) is 25.1 Å². The van der Waals surface area contributed by atoms with Gasteiger partial charge in [0.2, 0.25) is 15.9 Å². The zero-order valence-electron chi connectivity index (χ0n) is 16.7. The summed E-state index contributed by atoms with van der Waals surface area (Å²) >= 11 is 0. The van der Waals surface area contributed by atoms with E-state index < -0.39 is 10.0 Å². The molecule has 0 spiro atoms. The van der Waals surface area contributed by atoms with Gasteiger partial charge < -0.3 is 9.64 Å². The van der Waals surface area contributed by atoms with Crippen LogP contribution in [0, 0.1) is 6.92 Å². The van der Waals surface area contributed by atoms with E-state index in [-0.39, 0.29) is 29.9 Å². The van der Waals surface area contributed by atoms with Crippen LogP contribution in [0.2, 0.25) is 0 Å². The maximum Gasteiger partial charge on any atom is 0.243 e. The Bertz CT molecular complexity index is 988. The van der Waals surface area contributed by atoms with Crippen molar-refractivity contribution < 1.29 is 17.9 Å². The molecule has 0 bridgehead atoms. The maximum atomic E-state index is 13.1. The lowest BCUT2D eigenvalue weighted by Gasteiger charge is -2.27. The highest BCUT2D eigenvalue weighted by atomic mass is 32.2. The monoisotopic (exact) mass is 402 g/mol. The van der Waals surface area contributed by atoms with Gasteiger partial charge in [-0.05, 0) is 55.7 Å². The molecule has 28 heavy (non-hydrogen) atoms. The maximum absolute atomic E-state index is 13.1. The van der Waals surface area contributed by atoms with Crippen molar-refractivity contribution in [3.63, 3.8) is 0 Å². The van der Waals surface area contributed by atoms with Crippen molar-refractivity contribution in [2.24, 2.45) is 0 Å². The number of sulfonamides is 1. The van der Waals surface area contributed by atoms with E-state index in [1.165, 1.54) is 10.4 Å². The normalized spacial score (nSPS) is 16.3. The van der Waals surface area contributed by atoms with Crippen molar-refractivity contribution in [2.45, 2.75) is 38.1 Å². The number of carbonyl (C=O) groups is 1. The zero-order valence-corrected chi connectivity index (χ0v) is 17.5. The third-order valence-corrected chi connectivity index (χ3v) is 7.06. The minimum atomic E-state index is -3.79. The summed E-state index contributed by atoms with van der Waals surface area (Å²) < 4.78 is 32.6. The molecule has 7 heteroatoms. The lowest BCUT2D eigenvalue weighted by Crippen LogP contribution is -2.45. The van der Waals surface area contributed by atoms with Gasteiger partial charge >= 0.3 is 0 Å². The average Bonchev–Trinajstić information content (AvgIpc) is 3.01. The lowest BCUT2D eigenvalue weighted by molar-refractivity contribution is -0.119. The molecule has 1 unspecified atom stereocenters. The molecule has 2 aromatic rings. The molecule has 0 radical (unpaired) electrons. The van der Waals surface area contributed by atoms with E-state index in [2.05, 4.69) is 0 Å². The van der Waals surface area contributed by atoms with Gasteiger partial charge in [-0.15, -0.1) is 0 Å². The summed E-state index contributed by atoms with van der Waals surface area (Å²) in [5.74, 6) is 0.411. The molecule has 0 aliphatic carbocycles. The number of amides is 1. The summed E-state index contributed by atoms with van der Waals surface area (Å²) in [4.78, 5) is 14.9. The first-order valence-corrected chi connectivity index (χ1v) is 10.8. The van der Waals surface area contributed by atoms with E-state index in [0.29, 0.717) is 5.75 Å². The van der Waals surface area contributed by atoms with E-state index in [1.54, 1.807) is 38.0 Å². The van der Waals surface area contributed by atoms with Crippen LogP contribution < -0.4 is 9.64 Å².